The largest absolute Gasteiger partial charge is 0.323 e. The lowest BCUT2D eigenvalue weighted by Gasteiger charge is -2.47. The van der Waals surface area contributed by atoms with Crippen LogP contribution in [0.5, 0.6) is 0 Å². The summed E-state index contributed by atoms with van der Waals surface area (Å²) >= 11 is 0. The Morgan fingerprint density at radius 1 is 1.16 bits per heavy atom. The highest BCUT2D eigenvalue weighted by atomic mass is 15.2. The number of rotatable bonds is 4. The quantitative estimate of drug-likeness (QED) is 0.781. The molecule has 0 saturated carbocycles. The molecule has 1 saturated heterocycles. The van der Waals surface area contributed by atoms with E-state index in [4.69, 9.17) is 5.73 Å². The highest BCUT2D eigenvalue weighted by Gasteiger charge is 2.38. The van der Waals surface area contributed by atoms with Crippen LogP contribution in [0.4, 0.5) is 0 Å². The zero-order valence-electron chi connectivity index (χ0n) is 13.0. The summed E-state index contributed by atoms with van der Waals surface area (Å²) < 4.78 is 0. The van der Waals surface area contributed by atoms with Crippen LogP contribution in [0.15, 0.2) is 11.6 Å². The van der Waals surface area contributed by atoms with Crippen molar-refractivity contribution in [3.8, 4) is 0 Å². The molecule has 0 aromatic heterocycles. The van der Waals surface area contributed by atoms with Crippen molar-refractivity contribution in [2.24, 2.45) is 5.73 Å². The lowest BCUT2D eigenvalue weighted by atomic mass is 9.81. The molecule has 2 aliphatic rings. The van der Waals surface area contributed by atoms with Crippen LogP contribution in [-0.2, 0) is 0 Å². The fourth-order valence-electron chi connectivity index (χ4n) is 3.77. The van der Waals surface area contributed by atoms with Crippen molar-refractivity contribution in [2.45, 2.75) is 83.2 Å². The molecule has 2 atom stereocenters. The third-order valence-corrected chi connectivity index (χ3v) is 5.44. The summed E-state index contributed by atoms with van der Waals surface area (Å²) in [6, 6.07) is 0.230. The Balaban J connectivity index is 2.11. The van der Waals surface area contributed by atoms with Gasteiger partial charge in [-0.25, -0.2) is 0 Å². The zero-order valence-corrected chi connectivity index (χ0v) is 13.0. The Bertz CT molecular complexity index is 304. The molecule has 19 heavy (non-hydrogen) atoms. The molecule has 1 aliphatic heterocycles. The van der Waals surface area contributed by atoms with Crippen molar-refractivity contribution in [1.29, 1.82) is 0 Å². The van der Waals surface area contributed by atoms with Crippen LogP contribution in [0.2, 0.25) is 0 Å². The Hall–Kier alpha value is -0.340. The van der Waals surface area contributed by atoms with Gasteiger partial charge in [0.15, 0.2) is 0 Å². The van der Waals surface area contributed by atoms with Gasteiger partial charge in [0.05, 0.1) is 0 Å². The van der Waals surface area contributed by atoms with E-state index in [1.54, 1.807) is 0 Å². The van der Waals surface area contributed by atoms with E-state index >= 15 is 0 Å². The lowest BCUT2D eigenvalue weighted by molar-refractivity contribution is 0.0628. The minimum absolute atomic E-state index is 0.163. The van der Waals surface area contributed by atoms with Crippen LogP contribution in [-0.4, -0.2) is 29.6 Å². The van der Waals surface area contributed by atoms with Gasteiger partial charge in [0.25, 0.3) is 0 Å². The van der Waals surface area contributed by atoms with E-state index in [1.165, 1.54) is 70.0 Å². The van der Waals surface area contributed by atoms with Crippen molar-refractivity contribution >= 4 is 0 Å². The van der Waals surface area contributed by atoms with Gasteiger partial charge < -0.3 is 5.73 Å². The van der Waals surface area contributed by atoms with Gasteiger partial charge >= 0.3 is 0 Å². The van der Waals surface area contributed by atoms with E-state index in [0.29, 0.717) is 0 Å². The number of nitrogens with zero attached hydrogens (tertiary/aromatic N) is 1. The highest BCUT2D eigenvalue weighted by molar-refractivity contribution is 5.19. The number of hydrogen-bond acceptors (Lipinski definition) is 2. The minimum Gasteiger partial charge on any atom is -0.323 e. The maximum atomic E-state index is 6.73. The fraction of sp³-hybridized carbons (Fsp3) is 0.882. The fourth-order valence-corrected chi connectivity index (χ4v) is 3.77. The molecular formula is C17H32N2. The van der Waals surface area contributed by atoms with Gasteiger partial charge in [0.1, 0.15) is 0 Å². The minimum atomic E-state index is 0.163. The third-order valence-electron chi connectivity index (χ3n) is 5.44. The predicted octanol–water partition coefficient (Wildman–Crippen LogP) is 3.86. The van der Waals surface area contributed by atoms with Crippen LogP contribution in [0.3, 0.4) is 0 Å². The van der Waals surface area contributed by atoms with E-state index in [2.05, 4.69) is 24.8 Å². The van der Waals surface area contributed by atoms with Crippen LogP contribution in [0, 0.1) is 0 Å². The Kier molecular flexibility index (Phi) is 5.47. The van der Waals surface area contributed by atoms with E-state index in [0.717, 1.165) is 6.42 Å². The van der Waals surface area contributed by atoms with Gasteiger partial charge in [-0.3, -0.25) is 4.90 Å². The van der Waals surface area contributed by atoms with Gasteiger partial charge in [-0.15, -0.1) is 0 Å². The van der Waals surface area contributed by atoms with Gasteiger partial charge in [0, 0.05) is 11.6 Å². The molecule has 110 valence electrons. The second kappa shape index (κ2) is 6.90. The smallest absolute Gasteiger partial charge is 0.0438 e. The molecule has 0 aromatic carbocycles. The molecule has 2 N–H and O–H groups in total. The van der Waals surface area contributed by atoms with Crippen LogP contribution >= 0.6 is 0 Å². The molecule has 2 unspecified atom stereocenters. The molecule has 0 spiro atoms. The average Bonchev–Trinajstić information content (AvgIpc) is 2.75. The summed E-state index contributed by atoms with van der Waals surface area (Å²) in [5, 5.41) is 0. The number of piperidine rings is 1. The number of nitrogens with two attached hydrogens (primary N) is 1. The molecule has 0 radical (unpaired) electrons. The predicted molar refractivity (Wildman–Crippen MR) is 83.3 cm³/mol. The maximum absolute atomic E-state index is 6.73. The van der Waals surface area contributed by atoms with Crippen molar-refractivity contribution in [3.05, 3.63) is 11.6 Å². The third kappa shape index (κ3) is 3.41. The molecule has 2 nitrogen and oxygen atoms in total. The van der Waals surface area contributed by atoms with Crippen LogP contribution in [0.25, 0.3) is 0 Å². The van der Waals surface area contributed by atoms with Gasteiger partial charge in [-0.05, 0) is 65.0 Å². The van der Waals surface area contributed by atoms with Crippen molar-refractivity contribution in [2.75, 3.05) is 13.1 Å². The average molecular weight is 264 g/mol. The van der Waals surface area contributed by atoms with E-state index in [-0.39, 0.29) is 11.6 Å². The summed E-state index contributed by atoms with van der Waals surface area (Å²) in [5.74, 6) is 0. The summed E-state index contributed by atoms with van der Waals surface area (Å²) in [5.41, 5.74) is 8.43. The second-order valence-corrected chi connectivity index (χ2v) is 6.61. The SMILES string of the molecule is CCC(C)(C(N)C1=CCCCCC1)N1CCCCC1. The van der Waals surface area contributed by atoms with Gasteiger partial charge in [-0.1, -0.05) is 31.4 Å². The van der Waals surface area contributed by atoms with Crippen molar-refractivity contribution in [3.63, 3.8) is 0 Å². The van der Waals surface area contributed by atoms with E-state index in [9.17, 15) is 0 Å². The standard InChI is InChI=1S/C17H32N2/c1-3-17(2,19-13-9-6-10-14-19)16(18)15-11-7-4-5-8-12-15/h11,16H,3-10,12-14,18H2,1-2H3. The first-order chi connectivity index (χ1) is 9.18. The van der Waals surface area contributed by atoms with E-state index in [1.807, 2.05) is 0 Å². The molecule has 2 heteroatoms. The van der Waals surface area contributed by atoms with Gasteiger partial charge in [0.2, 0.25) is 0 Å². The maximum Gasteiger partial charge on any atom is 0.0438 e. The molecule has 0 aromatic rings. The molecule has 0 bridgehead atoms. The first-order valence-electron chi connectivity index (χ1n) is 8.38. The van der Waals surface area contributed by atoms with Crippen LogP contribution < -0.4 is 5.73 Å². The second-order valence-electron chi connectivity index (χ2n) is 6.61. The topological polar surface area (TPSA) is 29.3 Å². The summed E-state index contributed by atoms with van der Waals surface area (Å²) in [7, 11) is 0. The van der Waals surface area contributed by atoms with Crippen molar-refractivity contribution < 1.29 is 0 Å². The molecular weight excluding hydrogens is 232 g/mol. The number of hydrogen-bond donors (Lipinski definition) is 1. The van der Waals surface area contributed by atoms with Crippen molar-refractivity contribution in [1.82, 2.24) is 4.90 Å². The Morgan fingerprint density at radius 3 is 2.53 bits per heavy atom. The number of likely N-dealkylation sites (tertiary alicyclic amines) is 1. The zero-order chi connectivity index (χ0) is 13.7. The van der Waals surface area contributed by atoms with Gasteiger partial charge in [-0.2, -0.15) is 0 Å². The molecule has 1 heterocycles. The first-order valence-corrected chi connectivity index (χ1v) is 8.38. The van der Waals surface area contributed by atoms with Crippen LogP contribution in [0.1, 0.15) is 71.6 Å². The Morgan fingerprint density at radius 2 is 1.84 bits per heavy atom. The van der Waals surface area contributed by atoms with E-state index < -0.39 is 0 Å². The lowest BCUT2D eigenvalue weighted by Crippen LogP contribution is -2.59. The summed E-state index contributed by atoms with van der Waals surface area (Å²) in [6.45, 7) is 7.19. The monoisotopic (exact) mass is 264 g/mol. The summed E-state index contributed by atoms with van der Waals surface area (Å²) in [4.78, 5) is 2.67. The molecule has 1 aliphatic carbocycles. The summed E-state index contributed by atoms with van der Waals surface area (Å²) in [6.07, 6.45) is 14.2. The Labute approximate surface area is 119 Å². The normalized spacial score (nSPS) is 27.2. The highest BCUT2D eigenvalue weighted by Crippen LogP contribution is 2.32. The molecule has 0 amide bonds. The molecule has 1 fully saturated rings. The molecule has 2 rings (SSSR count). The number of allylic oxidation sites excluding steroid dienone is 1. The first kappa shape index (κ1) is 15.1.